The minimum absolute atomic E-state index is 0.00888. The maximum absolute atomic E-state index is 12.6. The monoisotopic (exact) mass is 361 g/mol. The van der Waals surface area contributed by atoms with Gasteiger partial charge in [-0.05, 0) is 44.9 Å². The lowest BCUT2D eigenvalue weighted by Gasteiger charge is -2.20. The Morgan fingerprint density at radius 2 is 1.76 bits per heavy atom. The first-order valence-corrected chi connectivity index (χ1v) is 10.9. The third kappa shape index (κ3) is 3.97. The molecule has 0 spiro atoms. The van der Waals surface area contributed by atoms with Crippen molar-refractivity contribution in [3.63, 3.8) is 0 Å². The molecule has 2 saturated carbocycles. The van der Waals surface area contributed by atoms with Crippen molar-refractivity contribution in [3.05, 3.63) is 17.1 Å². The average molecular weight is 362 g/mol. The van der Waals surface area contributed by atoms with Gasteiger partial charge in [0.15, 0.2) is 5.76 Å². The molecule has 136 valence electrons. The van der Waals surface area contributed by atoms with Gasteiger partial charge >= 0.3 is 0 Å². The Morgan fingerprint density at radius 3 is 2.52 bits per heavy atom. The number of hydrogen-bond acceptors (Lipinski definition) is 4. The molecule has 25 heavy (non-hydrogen) atoms. The summed E-state index contributed by atoms with van der Waals surface area (Å²) in [5, 5.41) is 3.66. The molecule has 0 unspecified atom stereocenters. The van der Waals surface area contributed by atoms with Crippen molar-refractivity contribution in [3.8, 4) is 0 Å². The highest BCUT2D eigenvalue weighted by Gasteiger charge is 2.36. The fourth-order valence-corrected chi connectivity index (χ4v) is 5.13. The van der Waals surface area contributed by atoms with E-state index >= 15 is 0 Å². The normalized spacial score (nSPS) is 21.0. The van der Waals surface area contributed by atoms with Crippen LogP contribution >= 0.6 is 11.8 Å². The lowest BCUT2D eigenvalue weighted by Crippen LogP contribution is -2.20. The van der Waals surface area contributed by atoms with Crippen molar-refractivity contribution in [2.24, 2.45) is 5.92 Å². The smallest absolute Gasteiger partial charge is 0.234 e. The first-order chi connectivity index (χ1) is 12.2. The molecule has 3 aliphatic carbocycles. The summed E-state index contributed by atoms with van der Waals surface area (Å²) in [5.41, 5.74) is 1.77. The Labute approximate surface area is 153 Å². The lowest BCUT2D eigenvalue weighted by atomic mass is 9.96. The highest BCUT2D eigenvalue weighted by molar-refractivity contribution is 8.00. The number of thioether (sulfide) groups is 1. The van der Waals surface area contributed by atoms with Crippen LogP contribution < -0.4 is 5.32 Å². The van der Waals surface area contributed by atoms with Crippen LogP contribution in [-0.2, 0) is 17.6 Å². The summed E-state index contributed by atoms with van der Waals surface area (Å²) < 4.78 is 5.92. The zero-order chi connectivity index (χ0) is 17.2. The molecule has 0 bridgehead atoms. The Morgan fingerprint density at radius 1 is 1.00 bits per heavy atom. The van der Waals surface area contributed by atoms with E-state index in [1.54, 1.807) is 11.8 Å². The van der Waals surface area contributed by atoms with E-state index in [1.165, 1.54) is 32.1 Å². The second-order valence-corrected chi connectivity index (χ2v) is 8.96. The topological polar surface area (TPSA) is 59.3 Å². The fraction of sp³-hybridized carbons (Fsp3) is 0.700. The summed E-state index contributed by atoms with van der Waals surface area (Å²) in [4.78, 5) is 25.1. The van der Waals surface area contributed by atoms with E-state index in [4.69, 9.17) is 4.42 Å². The van der Waals surface area contributed by atoms with Crippen LogP contribution in [-0.4, -0.2) is 22.7 Å². The van der Waals surface area contributed by atoms with E-state index in [9.17, 15) is 9.59 Å². The Bertz CT molecular complexity index is 656. The number of amides is 1. The van der Waals surface area contributed by atoms with Gasteiger partial charge in [-0.3, -0.25) is 9.59 Å². The number of carbonyl (C=O) groups excluding carboxylic acids is 2. The number of Topliss-reactive ketones (excluding diaryl/α,β-unsaturated/α-hetero) is 1. The molecule has 0 aliphatic heterocycles. The van der Waals surface area contributed by atoms with Crippen LogP contribution in [0, 0.1) is 5.92 Å². The van der Waals surface area contributed by atoms with Crippen molar-refractivity contribution < 1.29 is 14.0 Å². The minimum Gasteiger partial charge on any atom is -0.455 e. The van der Waals surface area contributed by atoms with Crippen LogP contribution in [0.2, 0.25) is 0 Å². The van der Waals surface area contributed by atoms with E-state index < -0.39 is 0 Å². The van der Waals surface area contributed by atoms with E-state index in [1.807, 2.05) is 0 Å². The number of rotatable bonds is 6. The van der Waals surface area contributed by atoms with E-state index in [2.05, 4.69) is 5.32 Å². The zero-order valence-electron chi connectivity index (χ0n) is 14.8. The Hall–Kier alpha value is -1.23. The highest BCUT2D eigenvalue weighted by atomic mass is 32.2. The predicted octanol–water partition coefficient (Wildman–Crippen LogP) is 4.76. The summed E-state index contributed by atoms with van der Waals surface area (Å²) in [6.07, 6.45) is 12.3. The number of ketones is 1. The van der Waals surface area contributed by atoms with Crippen LogP contribution in [0.3, 0.4) is 0 Å². The van der Waals surface area contributed by atoms with Crippen LogP contribution in [0.25, 0.3) is 0 Å². The first-order valence-electron chi connectivity index (χ1n) is 9.82. The maximum Gasteiger partial charge on any atom is 0.234 e. The Kier molecular flexibility index (Phi) is 5.20. The number of aryl methyl sites for hydroxylation is 1. The molecule has 0 saturated heterocycles. The summed E-state index contributed by atoms with van der Waals surface area (Å²) in [5.74, 6) is 2.02. The molecule has 4 nitrogen and oxygen atoms in total. The van der Waals surface area contributed by atoms with Crippen molar-refractivity contribution >= 4 is 29.1 Å². The van der Waals surface area contributed by atoms with Gasteiger partial charge in [-0.2, -0.15) is 0 Å². The lowest BCUT2D eigenvalue weighted by molar-refractivity contribution is -0.113. The van der Waals surface area contributed by atoms with Gasteiger partial charge in [-0.15, -0.1) is 11.8 Å². The van der Waals surface area contributed by atoms with Gasteiger partial charge < -0.3 is 9.73 Å². The summed E-state index contributed by atoms with van der Waals surface area (Å²) >= 11 is 1.77. The highest BCUT2D eigenvalue weighted by Crippen LogP contribution is 2.40. The van der Waals surface area contributed by atoms with E-state index in [-0.39, 0.29) is 17.6 Å². The minimum atomic E-state index is 0.00888. The molecular formula is C20H27NO3S. The summed E-state index contributed by atoms with van der Waals surface area (Å²) in [6.45, 7) is 0. The third-order valence-corrected chi connectivity index (χ3v) is 6.98. The van der Waals surface area contributed by atoms with Gasteiger partial charge in [0.1, 0.15) is 5.76 Å². The molecule has 3 aliphatic rings. The van der Waals surface area contributed by atoms with Crippen molar-refractivity contribution in [2.45, 2.75) is 75.9 Å². The zero-order valence-corrected chi connectivity index (χ0v) is 15.6. The molecule has 1 amide bonds. The van der Waals surface area contributed by atoms with Crippen LogP contribution in [0.15, 0.2) is 4.42 Å². The quantitative estimate of drug-likeness (QED) is 0.743. The van der Waals surface area contributed by atoms with Gasteiger partial charge in [-0.25, -0.2) is 0 Å². The summed E-state index contributed by atoms with van der Waals surface area (Å²) in [7, 11) is 0. The molecule has 0 radical (unpaired) electrons. The second kappa shape index (κ2) is 7.56. The number of anilines is 1. The number of furan rings is 1. The molecular weight excluding hydrogens is 334 g/mol. The number of nitrogens with one attached hydrogen (secondary N) is 1. The maximum atomic E-state index is 12.6. The molecule has 1 aromatic rings. The molecule has 1 N–H and O–H groups in total. The number of fused-ring (bicyclic) bond motifs is 1. The van der Waals surface area contributed by atoms with E-state index in [0.717, 1.165) is 49.8 Å². The first kappa shape index (κ1) is 17.2. The summed E-state index contributed by atoms with van der Waals surface area (Å²) in [6, 6.07) is 0. The predicted molar refractivity (Wildman–Crippen MR) is 100 cm³/mol. The molecule has 0 aromatic carbocycles. The largest absolute Gasteiger partial charge is 0.455 e. The molecule has 2 fully saturated rings. The Balaban J connectivity index is 1.45. The van der Waals surface area contributed by atoms with Crippen molar-refractivity contribution in [2.75, 3.05) is 11.1 Å². The SMILES string of the molecule is O=C(CSC1CCCCC1)Nc1c(C(=O)C2CC2)oc2c1CCCC2. The molecule has 0 atom stereocenters. The molecule has 4 rings (SSSR count). The van der Waals surface area contributed by atoms with Crippen LogP contribution in [0.5, 0.6) is 0 Å². The standard InChI is InChI=1S/C20H27NO3S/c22-17(12-25-14-6-2-1-3-7-14)21-18-15-8-4-5-9-16(15)24-20(18)19(23)13-10-11-13/h13-14H,1-12H2,(H,21,22). The van der Waals surface area contributed by atoms with Gasteiger partial charge in [0.2, 0.25) is 11.7 Å². The third-order valence-electron chi connectivity index (χ3n) is 5.61. The number of carbonyl (C=O) groups is 2. The van der Waals surface area contributed by atoms with Crippen LogP contribution in [0.1, 0.15) is 79.7 Å². The van der Waals surface area contributed by atoms with Crippen molar-refractivity contribution in [1.29, 1.82) is 0 Å². The number of hydrogen-bond donors (Lipinski definition) is 1. The van der Waals surface area contributed by atoms with Gasteiger partial charge in [0, 0.05) is 23.2 Å². The second-order valence-electron chi connectivity index (χ2n) is 7.67. The van der Waals surface area contributed by atoms with Gasteiger partial charge in [0.25, 0.3) is 0 Å². The van der Waals surface area contributed by atoms with Gasteiger partial charge in [-0.1, -0.05) is 19.3 Å². The van der Waals surface area contributed by atoms with Gasteiger partial charge in [0.05, 0.1) is 11.4 Å². The van der Waals surface area contributed by atoms with E-state index in [0.29, 0.717) is 22.5 Å². The molecule has 5 heteroatoms. The average Bonchev–Trinajstić information content (AvgIpc) is 3.43. The van der Waals surface area contributed by atoms with Crippen LogP contribution in [0.4, 0.5) is 5.69 Å². The molecule has 1 heterocycles. The van der Waals surface area contributed by atoms with Crippen molar-refractivity contribution in [1.82, 2.24) is 0 Å². The molecule has 1 aromatic heterocycles. The fourth-order valence-electron chi connectivity index (χ4n) is 4.00.